The van der Waals surface area contributed by atoms with Crippen molar-refractivity contribution in [1.82, 2.24) is 10.3 Å². The average Bonchev–Trinajstić information content (AvgIpc) is 2.49. The van der Waals surface area contributed by atoms with E-state index < -0.39 is 12.0 Å². The van der Waals surface area contributed by atoms with Crippen molar-refractivity contribution in [1.29, 1.82) is 0 Å². The minimum absolute atomic E-state index is 0.00197. The van der Waals surface area contributed by atoms with Crippen LogP contribution in [-0.4, -0.2) is 30.1 Å². The second-order valence-electron chi connectivity index (χ2n) is 4.05. The summed E-state index contributed by atoms with van der Waals surface area (Å²) in [5.74, 6) is -0.289. The molecule has 2 rings (SSSR count). The first-order valence-electron chi connectivity index (χ1n) is 6.38. The number of nitrogens with one attached hydrogen (secondary N) is 1. The number of nitrogens with two attached hydrogens (primary N) is 1. The topological polar surface area (TPSA) is 104 Å². The Hall–Kier alpha value is -2.67. The zero-order chi connectivity index (χ0) is 15.2. The number of imide groups is 1. The standard InChI is InChI=1S/C14H15N3O4/c1-2-20-12-10-6-4-3-5-9(10)8-16-13(12)21-14(19)17-11(18)7-15/h3-6,8H,2,7,15H2,1H3,(H,17,18,19). The fraction of sp³-hybridized carbons (Fsp3) is 0.214. The quantitative estimate of drug-likeness (QED) is 0.876. The van der Waals surface area contributed by atoms with E-state index in [0.29, 0.717) is 12.4 Å². The molecule has 1 aromatic carbocycles. The maximum atomic E-state index is 11.6. The Labute approximate surface area is 121 Å². The first kappa shape index (κ1) is 14.7. The molecule has 2 aromatic rings. The number of nitrogens with zero attached hydrogens (tertiary/aromatic N) is 1. The summed E-state index contributed by atoms with van der Waals surface area (Å²) in [7, 11) is 0. The van der Waals surface area contributed by atoms with E-state index in [9.17, 15) is 9.59 Å². The molecule has 0 fully saturated rings. The maximum Gasteiger partial charge on any atom is 0.420 e. The van der Waals surface area contributed by atoms with Gasteiger partial charge in [0.1, 0.15) is 0 Å². The second kappa shape index (κ2) is 6.67. The first-order chi connectivity index (χ1) is 10.2. The number of pyridine rings is 1. The third kappa shape index (κ3) is 3.46. The smallest absolute Gasteiger partial charge is 0.420 e. The van der Waals surface area contributed by atoms with Crippen molar-refractivity contribution < 1.29 is 19.1 Å². The van der Waals surface area contributed by atoms with Crippen LogP contribution in [0, 0.1) is 0 Å². The number of fused-ring (bicyclic) bond motifs is 1. The lowest BCUT2D eigenvalue weighted by Gasteiger charge is -2.12. The van der Waals surface area contributed by atoms with Gasteiger partial charge in [0.15, 0.2) is 5.75 Å². The number of hydrogen-bond acceptors (Lipinski definition) is 6. The van der Waals surface area contributed by atoms with E-state index in [2.05, 4.69) is 4.98 Å². The summed E-state index contributed by atoms with van der Waals surface area (Å²) in [6, 6.07) is 7.41. The van der Waals surface area contributed by atoms with Crippen LogP contribution >= 0.6 is 0 Å². The average molecular weight is 289 g/mol. The predicted molar refractivity (Wildman–Crippen MR) is 76.1 cm³/mol. The minimum atomic E-state index is -0.950. The number of ether oxygens (including phenoxy) is 2. The number of hydrogen-bond donors (Lipinski definition) is 2. The molecular weight excluding hydrogens is 274 g/mol. The monoisotopic (exact) mass is 289 g/mol. The van der Waals surface area contributed by atoms with Gasteiger partial charge < -0.3 is 15.2 Å². The highest BCUT2D eigenvalue weighted by atomic mass is 16.6. The highest BCUT2D eigenvalue weighted by molar-refractivity contribution is 5.94. The molecule has 0 aliphatic heterocycles. The highest BCUT2D eigenvalue weighted by Gasteiger charge is 2.16. The fourth-order valence-electron chi connectivity index (χ4n) is 1.75. The molecule has 0 aliphatic carbocycles. The molecule has 3 N–H and O–H groups in total. The Morgan fingerprint density at radius 2 is 2.10 bits per heavy atom. The van der Waals surface area contributed by atoms with Gasteiger partial charge >= 0.3 is 6.09 Å². The van der Waals surface area contributed by atoms with E-state index in [-0.39, 0.29) is 12.4 Å². The number of rotatable bonds is 4. The predicted octanol–water partition coefficient (Wildman–Crippen LogP) is 1.21. The summed E-state index contributed by atoms with van der Waals surface area (Å²) in [4.78, 5) is 26.7. The Kier molecular flexibility index (Phi) is 4.68. The van der Waals surface area contributed by atoms with Gasteiger partial charge in [-0.1, -0.05) is 24.3 Å². The molecule has 21 heavy (non-hydrogen) atoms. The summed E-state index contributed by atoms with van der Waals surface area (Å²) < 4.78 is 10.5. The van der Waals surface area contributed by atoms with Gasteiger partial charge in [-0.3, -0.25) is 10.1 Å². The zero-order valence-electron chi connectivity index (χ0n) is 11.5. The van der Waals surface area contributed by atoms with Crippen molar-refractivity contribution in [2.24, 2.45) is 5.73 Å². The van der Waals surface area contributed by atoms with Crippen LogP contribution in [0.1, 0.15) is 6.92 Å². The number of benzene rings is 1. The molecule has 0 saturated heterocycles. The van der Waals surface area contributed by atoms with Gasteiger partial charge in [0.2, 0.25) is 5.91 Å². The van der Waals surface area contributed by atoms with Crippen molar-refractivity contribution in [3.63, 3.8) is 0 Å². The van der Waals surface area contributed by atoms with Crippen LogP contribution in [0.15, 0.2) is 30.5 Å². The third-order valence-corrected chi connectivity index (χ3v) is 2.63. The number of carbonyl (C=O) groups is 2. The minimum Gasteiger partial charge on any atom is -0.488 e. The lowest BCUT2D eigenvalue weighted by atomic mass is 10.1. The largest absolute Gasteiger partial charge is 0.488 e. The van der Waals surface area contributed by atoms with E-state index in [1.54, 1.807) is 6.20 Å². The molecule has 0 atom stereocenters. The molecule has 1 aromatic heterocycles. The van der Waals surface area contributed by atoms with E-state index in [0.717, 1.165) is 10.8 Å². The molecule has 0 radical (unpaired) electrons. The van der Waals surface area contributed by atoms with Crippen LogP contribution in [-0.2, 0) is 4.79 Å². The molecule has 0 bridgehead atoms. The van der Waals surface area contributed by atoms with Gasteiger partial charge in [0.05, 0.1) is 13.2 Å². The Morgan fingerprint density at radius 1 is 1.33 bits per heavy atom. The van der Waals surface area contributed by atoms with Gasteiger partial charge in [-0.05, 0) is 6.92 Å². The summed E-state index contributed by atoms with van der Waals surface area (Å²) in [5.41, 5.74) is 5.11. The zero-order valence-corrected chi connectivity index (χ0v) is 11.5. The van der Waals surface area contributed by atoms with Crippen LogP contribution in [0.25, 0.3) is 10.8 Å². The maximum absolute atomic E-state index is 11.6. The van der Waals surface area contributed by atoms with Crippen molar-refractivity contribution in [3.8, 4) is 11.6 Å². The van der Waals surface area contributed by atoms with Crippen molar-refractivity contribution in [3.05, 3.63) is 30.5 Å². The van der Waals surface area contributed by atoms with Crippen LogP contribution in [0.4, 0.5) is 4.79 Å². The lowest BCUT2D eigenvalue weighted by molar-refractivity contribution is -0.118. The van der Waals surface area contributed by atoms with Crippen molar-refractivity contribution in [2.45, 2.75) is 6.92 Å². The number of carbonyl (C=O) groups excluding carboxylic acids is 2. The molecule has 2 amide bonds. The fourth-order valence-corrected chi connectivity index (χ4v) is 1.75. The van der Waals surface area contributed by atoms with Crippen molar-refractivity contribution >= 4 is 22.8 Å². The van der Waals surface area contributed by atoms with Crippen LogP contribution in [0.5, 0.6) is 11.6 Å². The third-order valence-electron chi connectivity index (χ3n) is 2.63. The van der Waals surface area contributed by atoms with Crippen LogP contribution in [0.2, 0.25) is 0 Å². The molecule has 0 unspecified atom stereocenters. The molecule has 110 valence electrons. The molecule has 0 spiro atoms. The second-order valence-corrected chi connectivity index (χ2v) is 4.05. The van der Waals surface area contributed by atoms with Crippen LogP contribution < -0.4 is 20.5 Å². The molecular formula is C14H15N3O4. The van der Waals surface area contributed by atoms with Crippen LogP contribution in [0.3, 0.4) is 0 Å². The van der Waals surface area contributed by atoms with Gasteiger partial charge in [-0.15, -0.1) is 0 Å². The molecule has 0 saturated carbocycles. The normalized spacial score (nSPS) is 10.2. The SMILES string of the molecule is CCOc1c(OC(=O)NC(=O)CN)ncc2ccccc12. The van der Waals surface area contributed by atoms with Gasteiger partial charge in [-0.25, -0.2) is 9.78 Å². The molecule has 7 nitrogen and oxygen atoms in total. The first-order valence-corrected chi connectivity index (χ1v) is 6.38. The van der Waals surface area contributed by atoms with Gasteiger partial charge in [0, 0.05) is 17.0 Å². The lowest BCUT2D eigenvalue weighted by Crippen LogP contribution is -2.37. The summed E-state index contributed by atoms with van der Waals surface area (Å²) in [6.07, 6.45) is 0.611. The van der Waals surface area contributed by atoms with E-state index in [1.807, 2.05) is 36.5 Å². The summed E-state index contributed by atoms with van der Waals surface area (Å²) >= 11 is 0. The molecule has 0 aliphatic rings. The van der Waals surface area contributed by atoms with Gasteiger partial charge in [0.25, 0.3) is 5.88 Å². The number of aromatic nitrogens is 1. The van der Waals surface area contributed by atoms with Crippen molar-refractivity contribution in [2.75, 3.05) is 13.2 Å². The number of amides is 2. The Morgan fingerprint density at radius 3 is 2.81 bits per heavy atom. The van der Waals surface area contributed by atoms with E-state index in [4.69, 9.17) is 15.2 Å². The van der Waals surface area contributed by atoms with Gasteiger partial charge in [-0.2, -0.15) is 0 Å². The molecule has 7 heteroatoms. The highest BCUT2D eigenvalue weighted by Crippen LogP contribution is 2.33. The van der Waals surface area contributed by atoms with E-state index >= 15 is 0 Å². The molecule has 1 heterocycles. The van der Waals surface area contributed by atoms with E-state index in [1.165, 1.54) is 0 Å². The Balaban J connectivity index is 2.32. The summed E-state index contributed by atoms with van der Waals surface area (Å²) in [5, 5.41) is 3.59. The Bertz CT molecular complexity index is 672. The summed E-state index contributed by atoms with van der Waals surface area (Å²) in [6.45, 7) is 1.89.